The van der Waals surface area contributed by atoms with Crippen LogP contribution in [0.4, 0.5) is 8.78 Å². The molecule has 2 aromatic carbocycles. The zero-order valence-electron chi connectivity index (χ0n) is 14.5. The van der Waals surface area contributed by atoms with Crippen LogP contribution in [0.3, 0.4) is 0 Å². The second kappa shape index (κ2) is 7.27. The van der Waals surface area contributed by atoms with Gasteiger partial charge in [-0.1, -0.05) is 36.4 Å². The summed E-state index contributed by atoms with van der Waals surface area (Å²) in [5.74, 6) is -2.18. The predicted octanol–water partition coefficient (Wildman–Crippen LogP) is 2.46. The third-order valence-electron chi connectivity index (χ3n) is 5.10. The minimum Gasteiger partial charge on any atom is -0.371 e. The highest BCUT2D eigenvalue weighted by Crippen LogP contribution is 2.31. The van der Waals surface area contributed by atoms with Crippen molar-refractivity contribution in [1.82, 2.24) is 9.62 Å². The number of nitrogens with one attached hydrogen (secondary N) is 1. The monoisotopic (exact) mass is 394 g/mol. The van der Waals surface area contributed by atoms with E-state index in [1.54, 1.807) is 0 Å². The molecule has 0 radical (unpaired) electrons. The van der Waals surface area contributed by atoms with Crippen LogP contribution in [0.2, 0.25) is 0 Å². The van der Waals surface area contributed by atoms with Crippen LogP contribution in [-0.4, -0.2) is 45.1 Å². The number of morpholine rings is 1. The fourth-order valence-corrected chi connectivity index (χ4v) is 5.22. The fourth-order valence-electron chi connectivity index (χ4n) is 3.85. The minimum atomic E-state index is -4.28. The molecule has 2 saturated heterocycles. The van der Waals surface area contributed by atoms with Gasteiger partial charge in [-0.05, 0) is 24.1 Å². The maximum absolute atomic E-state index is 13.9. The molecule has 3 atom stereocenters. The van der Waals surface area contributed by atoms with Crippen LogP contribution < -0.4 is 4.72 Å². The first-order valence-corrected chi connectivity index (χ1v) is 10.3. The quantitative estimate of drug-likeness (QED) is 0.866. The molecular weight excluding hydrogens is 374 g/mol. The normalized spacial score (nSPS) is 26.1. The van der Waals surface area contributed by atoms with Crippen molar-refractivity contribution < 1.29 is 21.9 Å². The Morgan fingerprint density at radius 2 is 1.70 bits per heavy atom. The van der Waals surface area contributed by atoms with Crippen molar-refractivity contribution in [3.63, 3.8) is 0 Å². The van der Waals surface area contributed by atoms with Gasteiger partial charge >= 0.3 is 0 Å². The highest BCUT2D eigenvalue weighted by molar-refractivity contribution is 7.89. The number of fused-ring (bicyclic) bond motifs is 1. The fraction of sp³-hybridized carbons (Fsp3) is 0.368. The predicted molar refractivity (Wildman–Crippen MR) is 95.6 cm³/mol. The maximum Gasteiger partial charge on any atom is 0.246 e. The molecule has 2 fully saturated rings. The van der Waals surface area contributed by atoms with Gasteiger partial charge in [0.15, 0.2) is 4.90 Å². The highest BCUT2D eigenvalue weighted by atomic mass is 32.2. The number of halogens is 2. The number of benzene rings is 2. The molecule has 27 heavy (non-hydrogen) atoms. The highest BCUT2D eigenvalue weighted by Gasteiger charge is 2.40. The van der Waals surface area contributed by atoms with Crippen LogP contribution in [0.15, 0.2) is 53.4 Å². The number of hydrogen-bond acceptors (Lipinski definition) is 4. The Kier molecular flexibility index (Phi) is 4.98. The van der Waals surface area contributed by atoms with E-state index in [0.29, 0.717) is 26.1 Å². The van der Waals surface area contributed by atoms with E-state index in [1.807, 2.05) is 30.3 Å². The van der Waals surface area contributed by atoms with E-state index in [-0.39, 0.29) is 12.1 Å². The zero-order chi connectivity index (χ0) is 19.0. The van der Waals surface area contributed by atoms with E-state index in [2.05, 4.69) is 9.62 Å². The van der Waals surface area contributed by atoms with Crippen molar-refractivity contribution in [3.8, 4) is 0 Å². The third kappa shape index (κ3) is 3.75. The average Bonchev–Trinajstić information content (AvgIpc) is 3.02. The summed E-state index contributed by atoms with van der Waals surface area (Å²) in [4.78, 5) is 1.25. The summed E-state index contributed by atoms with van der Waals surface area (Å²) in [5.41, 5.74) is 1.08. The summed E-state index contributed by atoms with van der Waals surface area (Å²) in [6, 6.07) is 12.5. The number of nitrogens with zero attached hydrogens (tertiary/aromatic N) is 1. The number of hydrogen-bond donors (Lipinski definition) is 1. The molecular formula is C19H20F2N2O3S. The van der Waals surface area contributed by atoms with Crippen molar-refractivity contribution in [1.29, 1.82) is 0 Å². The standard InChI is InChI=1S/C19H20F2N2O3S/c20-16-7-4-8-17(21)19(16)27(24,25)22-14-9-15-12-26-18(11-23(15)10-14)13-5-2-1-3-6-13/h1-8,14-15,18,22H,9-12H2/t14-,15-,18+/m0/s1. The summed E-state index contributed by atoms with van der Waals surface area (Å²) >= 11 is 0. The molecule has 0 saturated carbocycles. The van der Waals surface area contributed by atoms with Gasteiger partial charge in [0.1, 0.15) is 11.6 Å². The van der Waals surface area contributed by atoms with Crippen molar-refractivity contribution in [2.45, 2.75) is 29.5 Å². The second-order valence-electron chi connectivity index (χ2n) is 6.95. The Balaban J connectivity index is 1.46. The van der Waals surface area contributed by atoms with Gasteiger partial charge in [0.2, 0.25) is 10.0 Å². The number of ether oxygens (including phenoxy) is 1. The molecule has 0 bridgehead atoms. The third-order valence-corrected chi connectivity index (χ3v) is 6.67. The maximum atomic E-state index is 13.9. The molecule has 8 heteroatoms. The molecule has 0 aromatic heterocycles. The summed E-state index contributed by atoms with van der Waals surface area (Å²) < 4.78 is 61.1. The number of rotatable bonds is 4. The number of sulfonamides is 1. The van der Waals surface area contributed by atoms with E-state index >= 15 is 0 Å². The van der Waals surface area contributed by atoms with E-state index < -0.39 is 32.6 Å². The first kappa shape index (κ1) is 18.5. The van der Waals surface area contributed by atoms with Gasteiger partial charge in [-0.3, -0.25) is 4.90 Å². The van der Waals surface area contributed by atoms with Gasteiger partial charge in [-0.2, -0.15) is 0 Å². The summed E-state index contributed by atoms with van der Waals surface area (Å²) in [5, 5.41) is 0. The van der Waals surface area contributed by atoms with Crippen molar-refractivity contribution in [3.05, 3.63) is 65.7 Å². The Morgan fingerprint density at radius 1 is 1.00 bits per heavy atom. The molecule has 0 aliphatic carbocycles. The topological polar surface area (TPSA) is 58.6 Å². The molecule has 0 unspecified atom stereocenters. The van der Waals surface area contributed by atoms with Crippen LogP contribution >= 0.6 is 0 Å². The first-order valence-electron chi connectivity index (χ1n) is 8.81. The molecule has 2 aliphatic heterocycles. The van der Waals surface area contributed by atoms with Crippen molar-refractivity contribution in [2.24, 2.45) is 0 Å². The Morgan fingerprint density at radius 3 is 2.41 bits per heavy atom. The van der Waals surface area contributed by atoms with E-state index in [4.69, 9.17) is 4.74 Å². The van der Waals surface area contributed by atoms with Crippen LogP contribution in [0.1, 0.15) is 18.1 Å². The van der Waals surface area contributed by atoms with Crippen molar-refractivity contribution in [2.75, 3.05) is 19.7 Å². The lowest BCUT2D eigenvalue weighted by molar-refractivity contribution is -0.0502. The van der Waals surface area contributed by atoms with E-state index in [1.165, 1.54) is 0 Å². The minimum absolute atomic E-state index is 0.0678. The Bertz CT molecular complexity index is 904. The van der Waals surface area contributed by atoms with Crippen LogP contribution in [0.5, 0.6) is 0 Å². The lowest BCUT2D eigenvalue weighted by Crippen LogP contribution is -2.43. The Labute approximate surface area is 157 Å². The largest absolute Gasteiger partial charge is 0.371 e. The average molecular weight is 394 g/mol. The zero-order valence-corrected chi connectivity index (χ0v) is 15.3. The summed E-state index contributed by atoms with van der Waals surface area (Å²) in [6.07, 6.45) is 0.471. The molecule has 2 heterocycles. The van der Waals surface area contributed by atoms with Gasteiger partial charge in [0.05, 0.1) is 12.7 Å². The van der Waals surface area contributed by atoms with Gasteiger partial charge in [0, 0.05) is 25.2 Å². The molecule has 4 rings (SSSR count). The van der Waals surface area contributed by atoms with Crippen molar-refractivity contribution >= 4 is 10.0 Å². The SMILES string of the molecule is O=S(=O)(N[C@H]1C[C@H]2CO[C@@H](c3ccccc3)CN2C1)c1c(F)cccc1F. The van der Waals surface area contributed by atoms with Crippen LogP contribution in [0, 0.1) is 11.6 Å². The lowest BCUT2D eigenvalue weighted by Gasteiger charge is -2.35. The molecule has 1 N–H and O–H groups in total. The van der Waals surface area contributed by atoms with Crippen LogP contribution in [-0.2, 0) is 14.8 Å². The van der Waals surface area contributed by atoms with Gasteiger partial charge < -0.3 is 4.74 Å². The molecule has 0 spiro atoms. The van der Waals surface area contributed by atoms with E-state index in [0.717, 1.165) is 23.8 Å². The Hall–Kier alpha value is -1.87. The summed E-state index contributed by atoms with van der Waals surface area (Å²) in [6.45, 7) is 1.62. The second-order valence-corrected chi connectivity index (χ2v) is 8.60. The van der Waals surface area contributed by atoms with Gasteiger partial charge in [0.25, 0.3) is 0 Å². The summed E-state index contributed by atoms with van der Waals surface area (Å²) in [7, 11) is -4.28. The van der Waals surface area contributed by atoms with E-state index in [9.17, 15) is 17.2 Å². The molecule has 2 aliphatic rings. The van der Waals surface area contributed by atoms with Gasteiger partial charge in [-0.15, -0.1) is 0 Å². The van der Waals surface area contributed by atoms with Crippen LogP contribution in [0.25, 0.3) is 0 Å². The molecule has 2 aromatic rings. The lowest BCUT2D eigenvalue weighted by atomic mass is 10.1. The molecule has 144 valence electrons. The first-order chi connectivity index (χ1) is 12.9. The van der Waals surface area contributed by atoms with Gasteiger partial charge in [-0.25, -0.2) is 21.9 Å². The molecule has 0 amide bonds. The smallest absolute Gasteiger partial charge is 0.246 e. The molecule has 5 nitrogen and oxygen atoms in total.